The highest BCUT2D eigenvalue weighted by Gasteiger charge is 2.47. The van der Waals surface area contributed by atoms with E-state index < -0.39 is 5.97 Å². The molecule has 0 aliphatic carbocycles. The standard InChI is InChI=1S/C11H20N2O3/c1-8-5-16-9(2)4-13(8)11(3-10(14)15)6-12-7-11/h8-9,12H,3-7H2,1-2H3,(H,14,15). The molecule has 2 atom stereocenters. The minimum atomic E-state index is -0.715. The molecule has 0 radical (unpaired) electrons. The molecule has 2 heterocycles. The number of hydrogen-bond acceptors (Lipinski definition) is 4. The number of hydrogen-bond donors (Lipinski definition) is 2. The molecule has 16 heavy (non-hydrogen) atoms. The summed E-state index contributed by atoms with van der Waals surface area (Å²) in [6.07, 6.45) is 0.416. The fourth-order valence-electron chi connectivity index (χ4n) is 2.69. The Labute approximate surface area is 95.8 Å². The fraction of sp³-hybridized carbons (Fsp3) is 0.909. The lowest BCUT2D eigenvalue weighted by Gasteiger charge is -2.54. The van der Waals surface area contributed by atoms with Gasteiger partial charge in [0.05, 0.1) is 24.7 Å². The van der Waals surface area contributed by atoms with Gasteiger partial charge in [0.15, 0.2) is 0 Å². The summed E-state index contributed by atoms with van der Waals surface area (Å²) in [5.74, 6) is -0.715. The fourth-order valence-corrected chi connectivity index (χ4v) is 2.69. The second-order valence-electron chi connectivity index (χ2n) is 5.04. The number of carboxylic acids is 1. The van der Waals surface area contributed by atoms with Crippen LogP contribution in [0.4, 0.5) is 0 Å². The Morgan fingerprint density at radius 3 is 2.75 bits per heavy atom. The minimum absolute atomic E-state index is 0.191. The number of morpholine rings is 1. The average molecular weight is 228 g/mol. The summed E-state index contributed by atoms with van der Waals surface area (Å²) < 4.78 is 5.58. The molecule has 0 spiro atoms. The van der Waals surface area contributed by atoms with Gasteiger partial charge in [-0.05, 0) is 13.8 Å². The zero-order valence-corrected chi connectivity index (χ0v) is 9.90. The van der Waals surface area contributed by atoms with Crippen molar-refractivity contribution in [1.82, 2.24) is 10.2 Å². The molecule has 2 fully saturated rings. The third-order valence-electron chi connectivity index (χ3n) is 3.61. The molecule has 5 nitrogen and oxygen atoms in total. The largest absolute Gasteiger partial charge is 0.481 e. The first-order chi connectivity index (χ1) is 7.53. The Morgan fingerprint density at radius 1 is 1.56 bits per heavy atom. The summed E-state index contributed by atoms with van der Waals surface area (Å²) in [5.41, 5.74) is -0.191. The van der Waals surface area contributed by atoms with Gasteiger partial charge in [0.25, 0.3) is 0 Å². The minimum Gasteiger partial charge on any atom is -0.481 e. The molecule has 2 rings (SSSR count). The van der Waals surface area contributed by atoms with Gasteiger partial charge >= 0.3 is 5.97 Å². The van der Waals surface area contributed by atoms with Crippen molar-refractivity contribution in [3.8, 4) is 0 Å². The highest BCUT2D eigenvalue weighted by molar-refractivity contribution is 5.69. The molecule has 2 unspecified atom stereocenters. The van der Waals surface area contributed by atoms with Crippen molar-refractivity contribution in [2.75, 3.05) is 26.2 Å². The zero-order valence-electron chi connectivity index (χ0n) is 9.90. The molecule has 0 bridgehead atoms. The van der Waals surface area contributed by atoms with Gasteiger partial charge in [-0.2, -0.15) is 0 Å². The quantitative estimate of drug-likeness (QED) is 0.707. The van der Waals surface area contributed by atoms with Crippen molar-refractivity contribution in [3.63, 3.8) is 0 Å². The van der Waals surface area contributed by atoms with Crippen LogP contribution in [0.25, 0.3) is 0 Å². The lowest BCUT2D eigenvalue weighted by molar-refractivity contribution is -0.149. The molecule has 92 valence electrons. The van der Waals surface area contributed by atoms with Gasteiger partial charge in [0, 0.05) is 25.7 Å². The van der Waals surface area contributed by atoms with Crippen molar-refractivity contribution in [1.29, 1.82) is 0 Å². The summed E-state index contributed by atoms with van der Waals surface area (Å²) >= 11 is 0. The van der Waals surface area contributed by atoms with Crippen molar-refractivity contribution in [3.05, 3.63) is 0 Å². The highest BCUT2D eigenvalue weighted by Crippen LogP contribution is 2.29. The highest BCUT2D eigenvalue weighted by atomic mass is 16.5. The molecule has 0 aromatic heterocycles. The first-order valence-corrected chi connectivity index (χ1v) is 5.84. The predicted octanol–water partition coefficient (Wildman–Crippen LogP) is -0.0877. The summed E-state index contributed by atoms with van der Waals surface area (Å²) in [4.78, 5) is 13.3. The topological polar surface area (TPSA) is 61.8 Å². The number of nitrogens with one attached hydrogen (secondary N) is 1. The van der Waals surface area contributed by atoms with Crippen LogP contribution in [-0.4, -0.2) is 59.9 Å². The number of rotatable bonds is 3. The van der Waals surface area contributed by atoms with Crippen LogP contribution in [0.5, 0.6) is 0 Å². The van der Waals surface area contributed by atoms with E-state index >= 15 is 0 Å². The van der Waals surface area contributed by atoms with Gasteiger partial charge < -0.3 is 15.2 Å². The lowest BCUT2D eigenvalue weighted by Crippen LogP contribution is -2.73. The molecule has 2 aliphatic heterocycles. The van der Waals surface area contributed by atoms with E-state index in [9.17, 15) is 4.79 Å². The van der Waals surface area contributed by atoms with Crippen LogP contribution < -0.4 is 5.32 Å². The van der Waals surface area contributed by atoms with Gasteiger partial charge in [-0.1, -0.05) is 0 Å². The van der Waals surface area contributed by atoms with Gasteiger partial charge in [-0.15, -0.1) is 0 Å². The molecular formula is C11H20N2O3. The number of carboxylic acid groups (broad SMARTS) is 1. The van der Waals surface area contributed by atoms with Gasteiger partial charge in [-0.25, -0.2) is 0 Å². The Kier molecular flexibility index (Phi) is 3.19. The number of carbonyl (C=O) groups is 1. The van der Waals surface area contributed by atoms with Gasteiger partial charge in [0.2, 0.25) is 0 Å². The summed E-state index contributed by atoms with van der Waals surface area (Å²) in [6.45, 7) is 7.22. The van der Waals surface area contributed by atoms with E-state index in [0.717, 1.165) is 19.6 Å². The lowest BCUT2D eigenvalue weighted by atomic mass is 9.84. The van der Waals surface area contributed by atoms with E-state index in [1.54, 1.807) is 0 Å². The van der Waals surface area contributed by atoms with Crippen molar-refractivity contribution < 1.29 is 14.6 Å². The van der Waals surface area contributed by atoms with Crippen molar-refractivity contribution >= 4 is 5.97 Å². The predicted molar refractivity (Wildman–Crippen MR) is 59.4 cm³/mol. The molecule has 2 saturated heterocycles. The zero-order chi connectivity index (χ0) is 11.8. The van der Waals surface area contributed by atoms with E-state index in [0.29, 0.717) is 12.6 Å². The molecule has 0 aromatic carbocycles. The van der Waals surface area contributed by atoms with Crippen LogP contribution in [0.1, 0.15) is 20.3 Å². The molecule has 2 N–H and O–H groups in total. The first kappa shape index (κ1) is 11.8. The monoisotopic (exact) mass is 228 g/mol. The van der Waals surface area contributed by atoms with E-state index in [2.05, 4.69) is 17.1 Å². The Morgan fingerprint density at radius 2 is 2.25 bits per heavy atom. The van der Waals surface area contributed by atoms with Gasteiger partial charge in [0.1, 0.15) is 0 Å². The Balaban J connectivity index is 2.09. The smallest absolute Gasteiger partial charge is 0.305 e. The third kappa shape index (κ3) is 2.07. The third-order valence-corrected chi connectivity index (χ3v) is 3.61. The summed E-state index contributed by atoms with van der Waals surface area (Å²) in [5, 5.41) is 12.2. The van der Waals surface area contributed by atoms with Crippen molar-refractivity contribution in [2.24, 2.45) is 0 Å². The molecule has 5 heteroatoms. The van der Waals surface area contributed by atoms with Crippen molar-refractivity contribution in [2.45, 2.75) is 38.0 Å². The normalized spacial score (nSPS) is 34.4. The molecule has 2 aliphatic rings. The first-order valence-electron chi connectivity index (χ1n) is 5.84. The van der Waals surface area contributed by atoms with Crippen LogP contribution in [0, 0.1) is 0 Å². The number of aliphatic carboxylic acids is 1. The molecule has 0 saturated carbocycles. The number of ether oxygens (including phenoxy) is 1. The SMILES string of the molecule is CC1CN(C2(CC(=O)O)CNC2)C(C)CO1. The van der Waals surface area contributed by atoms with E-state index in [4.69, 9.17) is 9.84 Å². The number of nitrogens with zero attached hydrogens (tertiary/aromatic N) is 1. The second-order valence-corrected chi connectivity index (χ2v) is 5.04. The van der Waals surface area contributed by atoms with Crippen LogP contribution in [0.15, 0.2) is 0 Å². The maximum Gasteiger partial charge on any atom is 0.305 e. The molecule has 0 aromatic rings. The Hall–Kier alpha value is -0.650. The second kappa shape index (κ2) is 4.31. The average Bonchev–Trinajstić information content (AvgIpc) is 2.15. The molecule has 0 amide bonds. The Bertz CT molecular complexity index is 278. The van der Waals surface area contributed by atoms with E-state index in [1.165, 1.54) is 0 Å². The van der Waals surface area contributed by atoms with Crippen LogP contribution in [-0.2, 0) is 9.53 Å². The van der Waals surface area contributed by atoms with Crippen LogP contribution in [0.3, 0.4) is 0 Å². The summed E-state index contributed by atoms with van der Waals surface area (Å²) in [7, 11) is 0. The van der Waals surface area contributed by atoms with Gasteiger partial charge in [-0.3, -0.25) is 9.69 Å². The molecular weight excluding hydrogens is 208 g/mol. The van der Waals surface area contributed by atoms with E-state index in [-0.39, 0.29) is 18.1 Å². The maximum absolute atomic E-state index is 11.0. The maximum atomic E-state index is 11.0. The van der Waals surface area contributed by atoms with Crippen LogP contribution >= 0.6 is 0 Å². The van der Waals surface area contributed by atoms with Crippen LogP contribution in [0.2, 0.25) is 0 Å². The summed E-state index contributed by atoms with van der Waals surface area (Å²) in [6, 6.07) is 0.303. The van der Waals surface area contributed by atoms with E-state index in [1.807, 2.05) is 6.92 Å².